The summed E-state index contributed by atoms with van der Waals surface area (Å²) in [5.41, 5.74) is 5.84. The molecule has 0 aromatic heterocycles. The van der Waals surface area contributed by atoms with Crippen molar-refractivity contribution in [3.8, 4) is 0 Å². The molecule has 1 aromatic rings. The molecule has 0 aliphatic rings. The summed E-state index contributed by atoms with van der Waals surface area (Å²) in [7, 11) is -2.62. The highest BCUT2D eigenvalue weighted by Crippen LogP contribution is 2.23. The van der Waals surface area contributed by atoms with Crippen LogP contribution in [0.5, 0.6) is 0 Å². The minimum atomic E-state index is -3.83. The number of sulfonamides is 1. The van der Waals surface area contributed by atoms with Crippen LogP contribution in [-0.2, 0) is 19.6 Å². The molecule has 0 atom stereocenters. The fourth-order valence-corrected chi connectivity index (χ4v) is 3.28. The number of methoxy groups -OCH3 is 1. The molecule has 0 radical (unpaired) electrons. The molecule has 0 aliphatic heterocycles. The molecular weight excluding hydrogens is 268 g/mol. The SMILES string of the molecule is COC(=O)CN(C(C)C)S(=O)(=O)c1ccccc1N. The molecule has 2 N–H and O–H groups in total. The summed E-state index contributed by atoms with van der Waals surface area (Å²) in [4.78, 5) is 11.3. The first-order valence-electron chi connectivity index (χ1n) is 5.74. The zero-order valence-corrected chi connectivity index (χ0v) is 12.0. The molecule has 0 spiro atoms. The summed E-state index contributed by atoms with van der Waals surface area (Å²) in [6.45, 7) is 3.02. The second-order valence-corrected chi connectivity index (χ2v) is 6.12. The van der Waals surface area contributed by atoms with Gasteiger partial charge in [0.1, 0.15) is 11.4 Å². The van der Waals surface area contributed by atoms with Crippen molar-refractivity contribution in [2.45, 2.75) is 24.8 Å². The number of nitrogens with zero attached hydrogens (tertiary/aromatic N) is 1. The monoisotopic (exact) mass is 286 g/mol. The third-order valence-corrected chi connectivity index (χ3v) is 4.69. The Morgan fingerprint density at radius 3 is 2.42 bits per heavy atom. The van der Waals surface area contributed by atoms with Crippen LogP contribution in [0.25, 0.3) is 0 Å². The van der Waals surface area contributed by atoms with Crippen molar-refractivity contribution in [1.29, 1.82) is 0 Å². The average Bonchev–Trinajstić information content (AvgIpc) is 2.35. The maximum Gasteiger partial charge on any atom is 0.321 e. The number of hydrogen-bond acceptors (Lipinski definition) is 5. The van der Waals surface area contributed by atoms with Gasteiger partial charge in [-0.3, -0.25) is 4.79 Å². The Morgan fingerprint density at radius 2 is 1.95 bits per heavy atom. The highest BCUT2D eigenvalue weighted by Gasteiger charge is 2.30. The largest absolute Gasteiger partial charge is 0.468 e. The quantitative estimate of drug-likeness (QED) is 0.640. The first kappa shape index (κ1) is 15.5. The van der Waals surface area contributed by atoms with Gasteiger partial charge >= 0.3 is 5.97 Å². The third kappa shape index (κ3) is 3.45. The molecule has 106 valence electrons. The van der Waals surface area contributed by atoms with Crippen molar-refractivity contribution in [2.24, 2.45) is 0 Å². The molecule has 1 rings (SSSR count). The second-order valence-electron chi connectivity index (χ2n) is 4.26. The molecule has 0 aliphatic carbocycles. The highest BCUT2D eigenvalue weighted by molar-refractivity contribution is 7.89. The second kappa shape index (κ2) is 6.03. The number of ether oxygens (including phenoxy) is 1. The van der Waals surface area contributed by atoms with Gasteiger partial charge in [0.15, 0.2) is 0 Å². The van der Waals surface area contributed by atoms with Gasteiger partial charge in [-0.1, -0.05) is 12.1 Å². The lowest BCUT2D eigenvalue weighted by Crippen LogP contribution is -2.41. The van der Waals surface area contributed by atoms with E-state index >= 15 is 0 Å². The van der Waals surface area contributed by atoms with Crippen LogP contribution in [0.1, 0.15) is 13.8 Å². The van der Waals surface area contributed by atoms with Gasteiger partial charge in [-0.05, 0) is 26.0 Å². The minimum absolute atomic E-state index is 0.00685. The molecule has 0 saturated heterocycles. The van der Waals surface area contributed by atoms with Crippen LogP contribution >= 0.6 is 0 Å². The molecule has 1 aromatic carbocycles. The highest BCUT2D eigenvalue weighted by atomic mass is 32.2. The average molecular weight is 286 g/mol. The topological polar surface area (TPSA) is 89.7 Å². The van der Waals surface area contributed by atoms with E-state index in [9.17, 15) is 13.2 Å². The van der Waals surface area contributed by atoms with Gasteiger partial charge in [0.25, 0.3) is 0 Å². The first-order valence-corrected chi connectivity index (χ1v) is 7.18. The molecule has 0 amide bonds. The third-order valence-electron chi connectivity index (χ3n) is 2.59. The number of rotatable bonds is 5. The predicted octanol–water partition coefficient (Wildman–Crippen LogP) is 0.841. The number of esters is 1. The van der Waals surface area contributed by atoms with Crippen LogP contribution in [0, 0.1) is 0 Å². The zero-order valence-electron chi connectivity index (χ0n) is 11.2. The number of hydrogen-bond donors (Lipinski definition) is 1. The number of anilines is 1. The molecule has 7 heteroatoms. The molecule has 0 heterocycles. The number of carbonyl (C=O) groups excluding carboxylic acids is 1. The maximum absolute atomic E-state index is 12.5. The van der Waals surface area contributed by atoms with Gasteiger partial charge in [0, 0.05) is 6.04 Å². The number of nitrogen functional groups attached to an aromatic ring is 1. The molecule has 6 nitrogen and oxygen atoms in total. The molecule has 19 heavy (non-hydrogen) atoms. The number of benzene rings is 1. The maximum atomic E-state index is 12.5. The molecule has 0 unspecified atom stereocenters. The van der Waals surface area contributed by atoms with E-state index in [4.69, 9.17) is 5.73 Å². The fourth-order valence-electron chi connectivity index (χ4n) is 1.58. The van der Waals surface area contributed by atoms with Crippen LogP contribution in [0.3, 0.4) is 0 Å². The Morgan fingerprint density at radius 1 is 1.37 bits per heavy atom. The Kier molecular flexibility index (Phi) is 4.90. The van der Waals surface area contributed by atoms with Crippen molar-refractivity contribution < 1.29 is 17.9 Å². The van der Waals surface area contributed by atoms with E-state index in [1.165, 1.54) is 19.2 Å². The molecule has 0 saturated carbocycles. The fraction of sp³-hybridized carbons (Fsp3) is 0.417. The van der Waals surface area contributed by atoms with Crippen LogP contribution in [-0.4, -0.2) is 38.4 Å². The predicted molar refractivity (Wildman–Crippen MR) is 71.9 cm³/mol. The van der Waals surface area contributed by atoms with E-state index in [1.807, 2.05) is 0 Å². The van der Waals surface area contributed by atoms with Gasteiger partial charge in [0.2, 0.25) is 10.0 Å². The zero-order chi connectivity index (χ0) is 14.6. The molecule has 0 fully saturated rings. The van der Waals surface area contributed by atoms with E-state index < -0.39 is 16.0 Å². The van der Waals surface area contributed by atoms with Crippen LogP contribution in [0.15, 0.2) is 29.2 Å². The minimum Gasteiger partial charge on any atom is -0.468 e. The van der Waals surface area contributed by atoms with Crippen LogP contribution in [0.2, 0.25) is 0 Å². The van der Waals surface area contributed by atoms with E-state index in [1.54, 1.807) is 26.0 Å². The van der Waals surface area contributed by atoms with Gasteiger partial charge in [0.05, 0.1) is 12.8 Å². The van der Waals surface area contributed by atoms with Gasteiger partial charge in [-0.2, -0.15) is 4.31 Å². The van der Waals surface area contributed by atoms with Gasteiger partial charge < -0.3 is 10.5 Å². The van der Waals surface area contributed by atoms with E-state index in [0.29, 0.717) is 0 Å². The van der Waals surface area contributed by atoms with E-state index in [-0.39, 0.29) is 23.2 Å². The number of para-hydroxylation sites is 1. The Bertz CT molecular complexity index is 555. The van der Waals surface area contributed by atoms with Crippen molar-refractivity contribution >= 4 is 21.7 Å². The van der Waals surface area contributed by atoms with Crippen LogP contribution < -0.4 is 5.73 Å². The summed E-state index contributed by atoms with van der Waals surface area (Å²) in [5.74, 6) is -0.619. The summed E-state index contributed by atoms with van der Waals surface area (Å²) in [5, 5.41) is 0. The van der Waals surface area contributed by atoms with Gasteiger partial charge in [-0.25, -0.2) is 8.42 Å². The Labute approximate surface area is 113 Å². The number of nitrogens with two attached hydrogens (primary N) is 1. The van der Waals surface area contributed by atoms with Crippen molar-refractivity contribution in [2.75, 3.05) is 19.4 Å². The van der Waals surface area contributed by atoms with Crippen molar-refractivity contribution in [1.82, 2.24) is 4.31 Å². The standard InChI is InChI=1S/C12H18N2O4S/c1-9(2)14(8-12(15)18-3)19(16,17)11-7-5-4-6-10(11)13/h4-7,9H,8,13H2,1-3H3. The Hall–Kier alpha value is -1.60. The van der Waals surface area contributed by atoms with Crippen LogP contribution in [0.4, 0.5) is 5.69 Å². The number of carbonyl (C=O) groups is 1. The lowest BCUT2D eigenvalue weighted by atomic mass is 10.3. The molecule has 0 bridgehead atoms. The summed E-state index contributed by atoms with van der Waals surface area (Å²) in [6, 6.07) is 5.76. The molecular formula is C12H18N2O4S. The first-order chi connectivity index (χ1) is 8.80. The summed E-state index contributed by atoms with van der Waals surface area (Å²) in [6.07, 6.45) is 0. The normalized spacial score (nSPS) is 11.8. The lowest BCUT2D eigenvalue weighted by Gasteiger charge is -2.25. The van der Waals surface area contributed by atoms with E-state index in [0.717, 1.165) is 4.31 Å². The van der Waals surface area contributed by atoms with Gasteiger partial charge in [-0.15, -0.1) is 0 Å². The Balaban J connectivity index is 3.21. The summed E-state index contributed by atoms with van der Waals surface area (Å²) < 4.78 is 30.5. The smallest absolute Gasteiger partial charge is 0.321 e. The van der Waals surface area contributed by atoms with Crippen molar-refractivity contribution in [3.05, 3.63) is 24.3 Å². The van der Waals surface area contributed by atoms with Crippen molar-refractivity contribution in [3.63, 3.8) is 0 Å². The lowest BCUT2D eigenvalue weighted by molar-refractivity contribution is -0.141. The summed E-state index contributed by atoms with van der Waals surface area (Å²) >= 11 is 0. The van der Waals surface area contributed by atoms with E-state index in [2.05, 4.69) is 4.74 Å².